The molecule has 37 heavy (non-hydrogen) atoms. The van der Waals surface area contributed by atoms with E-state index in [-0.39, 0.29) is 5.75 Å². The number of fused-ring (bicyclic) bond motifs is 1. The van der Waals surface area contributed by atoms with Gasteiger partial charge in [-0.15, -0.1) is 0 Å². The van der Waals surface area contributed by atoms with E-state index in [0.717, 1.165) is 58.0 Å². The number of likely N-dealkylation sites (tertiary alicyclic amines) is 2. The molecular formula is C30H46N4O2S. The number of hydrogen-bond acceptors (Lipinski definition) is 4. The molecule has 1 aromatic carbocycles. The van der Waals surface area contributed by atoms with Crippen LogP contribution in [-0.2, 0) is 23.0 Å². The van der Waals surface area contributed by atoms with Gasteiger partial charge in [-0.25, -0.2) is 13.6 Å². The second-order valence-electron chi connectivity index (χ2n) is 11.9. The van der Waals surface area contributed by atoms with Gasteiger partial charge in [0, 0.05) is 48.3 Å². The first-order valence-corrected chi connectivity index (χ1v) is 16.2. The molecule has 6 nitrogen and oxygen atoms in total. The lowest BCUT2D eigenvalue weighted by molar-refractivity contribution is 0.116. The maximum absolute atomic E-state index is 11.7. The molecule has 0 spiro atoms. The molecule has 0 bridgehead atoms. The van der Waals surface area contributed by atoms with Gasteiger partial charge in [0.2, 0.25) is 10.0 Å². The van der Waals surface area contributed by atoms with Crippen LogP contribution in [-0.4, -0.2) is 60.8 Å². The SMILES string of the molecule is CC(C)=C1CCC(N2CCC(n3c(CCCS(N)(=O)=O)c(CN4CCCC4)c4ccccc43)CC2)CC1. The Hall–Kier alpha value is -1.67. The Morgan fingerprint density at radius 2 is 1.62 bits per heavy atom. The fraction of sp³-hybridized carbons (Fsp3) is 0.667. The lowest BCUT2D eigenvalue weighted by Crippen LogP contribution is -2.43. The Morgan fingerprint density at radius 3 is 2.27 bits per heavy atom. The minimum Gasteiger partial charge on any atom is -0.341 e. The van der Waals surface area contributed by atoms with Crippen LogP contribution in [0.5, 0.6) is 0 Å². The van der Waals surface area contributed by atoms with E-state index in [2.05, 4.69) is 52.5 Å². The number of nitrogens with zero attached hydrogens (tertiary/aromatic N) is 3. The topological polar surface area (TPSA) is 71.6 Å². The largest absolute Gasteiger partial charge is 0.341 e. The highest BCUT2D eigenvalue weighted by Gasteiger charge is 2.31. The first kappa shape index (κ1) is 26.9. The van der Waals surface area contributed by atoms with Crippen molar-refractivity contribution in [2.75, 3.05) is 31.9 Å². The standard InChI is InChI=1S/C30H46N4O2S/c1-23(2)24-11-13-25(14-12-24)33-19-15-26(16-20-33)34-29-9-4-3-8-27(29)28(22-32-17-5-6-18-32)30(34)10-7-21-37(31,35)36/h3-4,8-9,25-26H,5-7,10-22H2,1-2H3,(H2,31,35,36). The van der Waals surface area contributed by atoms with Crippen molar-refractivity contribution in [3.8, 4) is 0 Å². The number of benzene rings is 1. The summed E-state index contributed by atoms with van der Waals surface area (Å²) >= 11 is 0. The number of primary sulfonamides is 1. The van der Waals surface area contributed by atoms with Gasteiger partial charge in [0.05, 0.1) is 5.75 Å². The van der Waals surface area contributed by atoms with Crippen molar-refractivity contribution >= 4 is 20.9 Å². The van der Waals surface area contributed by atoms with Gasteiger partial charge in [-0.1, -0.05) is 29.3 Å². The van der Waals surface area contributed by atoms with Gasteiger partial charge in [-0.3, -0.25) is 4.90 Å². The predicted molar refractivity (Wildman–Crippen MR) is 153 cm³/mol. The van der Waals surface area contributed by atoms with E-state index in [1.807, 2.05) is 0 Å². The zero-order valence-corrected chi connectivity index (χ0v) is 23.7. The number of allylic oxidation sites excluding steroid dienone is 2. The van der Waals surface area contributed by atoms with Gasteiger partial charge in [-0.05, 0) is 103 Å². The molecule has 7 heteroatoms. The van der Waals surface area contributed by atoms with Crippen molar-refractivity contribution in [2.45, 2.75) is 96.7 Å². The fourth-order valence-electron chi connectivity index (χ4n) is 7.18. The molecular weight excluding hydrogens is 480 g/mol. The Labute approximate surface area is 223 Å². The Bertz CT molecular complexity index is 1200. The molecule has 3 heterocycles. The number of hydrogen-bond donors (Lipinski definition) is 1. The molecule has 1 saturated carbocycles. The molecule has 204 valence electrons. The molecule has 3 aliphatic rings. The molecule has 2 aliphatic heterocycles. The van der Waals surface area contributed by atoms with Gasteiger partial charge < -0.3 is 9.47 Å². The smallest absolute Gasteiger partial charge is 0.209 e. The zero-order valence-electron chi connectivity index (χ0n) is 22.9. The number of piperidine rings is 1. The van der Waals surface area contributed by atoms with Crippen molar-refractivity contribution in [3.63, 3.8) is 0 Å². The normalized spacial score (nSPS) is 22.8. The van der Waals surface area contributed by atoms with E-state index in [1.165, 1.54) is 66.3 Å². The van der Waals surface area contributed by atoms with E-state index in [4.69, 9.17) is 5.14 Å². The highest BCUT2D eigenvalue weighted by atomic mass is 32.2. The van der Waals surface area contributed by atoms with Gasteiger partial charge in [-0.2, -0.15) is 0 Å². The highest BCUT2D eigenvalue weighted by Crippen LogP contribution is 2.37. The minimum absolute atomic E-state index is 0.0471. The van der Waals surface area contributed by atoms with Crippen LogP contribution >= 0.6 is 0 Å². The van der Waals surface area contributed by atoms with Gasteiger partial charge in [0.15, 0.2) is 0 Å². The second-order valence-corrected chi connectivity index (χ2v) is 13.6. The van der Waals surface area contributed by atoms with Crippen LogP contribution in [0.3, 0.4) is 0 Å². The maximum atomic E-state index is 11.7. The summed E-state index contributed by atoms with van der Waals surface area (Å²) in [5.74, 6) is 0.0471. The summed E-state index contributed by atoms with van der Waals surface area (Å²) in [5, 5.41) is 6.74. The summed E-state index contributed by atoms with van der Waals surface area (Å²) in [7, 11) is -3.46. The molecule has 0 radical (unpaired) electrons. The lowest BCUT2D eigenvalue weighted by atomic mass is 9.86. The van der Waals surface area contributed by atoms with Crippen molar-refractivity contribution in [3.05, 3.63) is 46.7 Å². The number of aromatic nitrogens is 1. The van der Waals surface area contributed by atoms with Crippen molar-refractivity contribution < 1.29 is 8.42 Å². The average Bonchev–Trinajstić information content (AvgIpc) is 3.50. The van der Waals surface area contributed by atoms with Crippen molar-refractivity contribution in [1.29, 1.82) is 0 Å². The van der Waals surface area contributed by atoms with Crippen LogP contribution in [0.4, 0.5) is 0 Å². The van der Waals surface area contributed by atoms with E-state index < -0.39 is 10.0 Å². The summed E-state index contributed by atoms with van der Waals surface area (Å²) < 4.78 is 26.1. The summed E-state index contributed by atoms with van der Waals surface area (Å²) in [5.41, 5.74) is 7.29. The van der Waals surface area contributed by atoms with E-state index in [0.29, 0.717) is 12.5 Å². The van der Waals surface area contributed by atoms with Crippen molar-refractivity contribution in [2.24, 2.45) is 5.14 Å². The van der Waals surface area contributed by atoms with Crippen LogP contribution in [0.1, 0.15) is 88.9 Å². The Balaban J connectivity index is 1.38. The summed E-state index contributed by atoms with van der Waals surface area (Å²) in [6, 6.07) is 10.1. The third-order valence-corrected chi connectivity index (χ3v) is 10.1. The van der Waals surface area contributed by atoms with E-state index in [9.17, 15) is 8.42 Å². The molecule has 1 aromatic heterocycles. The first-order valence-electron chi connectivity index (χ1n) is 14.5. The van der Waals surface area contributed by atoms with E-state index in [1.54, 1.807) is 5.57 Å². The molecule has 2 saturated heterocycles. The summed E-state index contributed by atoms with van der Waals surface area (Å²) in [6.07, 6.45) is 11.4. The van der Waals surface area contributed by atoms with Crippen LogP contribution in [0, 0.1) is 0 Å². The third-order valence-electron chi connectivity index (χ3n) is 9.20. The number of rotatable bonds is 8. The second kappa shape index (κ2) is 11.6. The van der Waals surface area contributed by atoms with Gasteiger partial charge >= 0.3 is 0 Å². The first-order chi connectivity index (χ1) is 17.8. The molecule has 2 aromatic rings. The average molecular weight is 527 g/mol. The monoisotopic (exact) mass is 526 g/mol. The van der Waals surface area contributed by atoms with Gasteiger partial charge in [0.1, 0.15) is 0 Å². The molecule has 1 aliphatic carbocycles. The quantitative estimate of drug-likeness (QED) is 0.469. The molecule has 0 unspecified atom stereocenters. The molecule has 2 N–H and O–H groups in total. The third kappa shape index (κ3) is 6.32. The minimum atomic E-state index is -3.46. The molecule has 0 atom stereocenters. The summed E-state index contributed by atoms with van der Waals surface area (Å²) in [6.45, 7) is 10.1. The van der Waals surface area contributed by atoms with Crippen LogP contribution < -0.4 is 5.14 Å². The number of sulfonamides is 1. The molecule has 3 fully saturated rings. The van der Waals surface area contributed by atoms with Gasteiger partial charge in [0.25, 0.3) is 0 Å². The Morgan fingerprint density at radius 1 is 0.946 bits per heavy atom. The highest BCUT2D eigenvalue weighted by molar-refractivity contribution is 7.89. The Kier molecular flexibility index (Phi) is 8.44. The number of nitrogens with two attached hydrogens (primary N) is 1. The predicted octanol–water partition coefficient (Wildman–Crippen LogP) is 5.37. The van der Waals surface area contributed by atoms with E-state index >= 15 is 0 Å². The zero-order chi connectivity index (χ0) is 26.0. The molecule has 0 amide bonds. The van der Waals surface area contributed by atoms with Crippen molar-refractivity contribution in [1.82, 2.24) is 14.4 Å². The van der Waals surface area contributed by atoms with Crippen LogP contribution in [0.25, 0.3) is 10.9 Å². The molecule has 5 rings (SSSR count). The maximum Gasteiger partial charge on any atom is 0.209 e. The van der Waals surface area contributed by atoms with Crippen LogP contribution in [0.2, 0.25) is 0 Å². The summed E-state index contributed by atoms with van der Waals surface area (Å²) in [4.78, 5) is 5.33. The fourth-order valence-corrected chi connectivity index (χ4v) is 7.73. The van der Waals surface area contributed by atoms with Crippen LogP contribution in [0.15, 0.2) is 35.4 Å². The number of para-hydroxylation sites is 1. The lowest BCUT2D eigenvalue weighted by Gasteiger charge is -2.41.